The number of aromatic nitrogens is 4. The van der Waals surface area contributed by atoms with Crippen molar-refractivity contribution in [3.05, 3.63) is 52.9 Å². The lowest BCUT2D eigenvalue weighted by Crippen LogP contribution is -2.01. The zero-order valence-corrected chi connectivity index (χ0v) is 11.0. The average molecular weight is 275 g/mol. The van der Waals surface area contributed by atoms with Crippen LogP contribution >= 0.6 is 11.6 Å². The molecule has 0 bridgehead atoms. The molecular formula is C13H11ClN4O. The van der Waals surface area contributed by atoms with Crippen molar-refractivity contribution in [1.29, 1.82) is 0 Å². The molecule has 0 saturated heterocycles. The van der Waals surface area contributed by atoms with E-state index in [1.54, 1.807) is 10.8 Å². The van der Waals surface area contributed by atoms with Gasteiger partial charge in [0.2, 0.25) is 5.65 Å². The molecule has 0 N–H and O–H groups in total. The summed E-state index contributed by atoms with van der Waals surface area (Å²) in [6.45, 7) is 2.27. The van der Waals surface area contributed by atoms with Crippen LogP contribution in [0.2, 0.25) is 5.02 Å². The molecule has 19 heavy (non-hydrogen) atoms. The van der Waals surface area contributed by atoms with Crippen LogP contribution in [0.25, 0.3) is 5.65 Å². The Bertz CT molecular complexity index is 725. The molecule has 0 radical (unpaired) electrons. The second kappa shape index (κ2) is 4.85. The third kappa shape index (κ3) is 2.37. The van der Waals surface area contributed by atoms with E-state index in [2.05, 4.69) is 15.3 Å². The molecule has 0 amide bonds. The van der Waals surface area contributed by atoms with E-state index >= 15 is 0 Å². The van der Waals surface area contributed by atoms with Crippen LogP contribution in [0.15, 0.2) is 36.7 Å². The van der Waals surface area contributed by atoms with Crippen LogP contribution < -0.4 is 4.74 Å². The summed E-state index contributed by atoms with van der Waals surface area (Å²) >= 11 is 6.09. The lowest BCUT2D eigenvalue weighted by Gasteiger charge is -2.08. The minimum absolute atomic E-state index is 0.381. The third-order valence-electron chi connectivity index (χ3n) is 2.70. The molecule has 1 aromatic carbocycles. The first-order valence-electron chi connectivity index (χ1n) is 5.78. The van der Waals surface area contributed by atoms with Crippen molar-refractivity contribution < 1.29 is 4.74 Å². The van der Waals surface area contributed by atoms with E-state index in [4.69, 9.17) is 16.3 Å². The number of ether oxygens (including phenoxy) is 1. The molecule has 3 aromatic rings. The van der Waals surface area contributed by atoms with Crippen LogP contribution in [0.5, 0.6) is 5.75 Å². The zero-order valence-electron chi connectivity index (χ0n) is 10.2. The summed E-state index contributed by atoms with van der Waals surface area (Å²) < 4.78 is 7.37. The van der Waals surface area contributed by atoms with Gasteiger partial charge >= 0.3 is 0 Å². The topological polar surface area (TPSA) is 52.3 Å². The van der Waals surface area contributed by atoms with Gasteiger partial charge in [0.1, 0.15) is 12.9 Å². The maximum atomic E-state index is 6.09. The zero-order chi connectivity index (χ0) is 13.2. The van der Waals surface area contributed by atoms with Crippen molar-refractivity contribution in [3.8, 4) is 5.75 Å². The standard InChI is InChI=1S/C13H11ClN4O/c1-9-6-12(13-16-15-8-18(13)17-9)19-7-10-4-2-3-5-11(10)14/h2-6,8H,7H2,1H3. The van der Waals surface area contributed by atoms with Crippen LogP contribution in [-0.2, 0) is 6.61 Å². The molecule has 0 atom stereocenters. The summed E-state index contributed by atoms with van der Waals surface area (Å²) in [5.41, 5.74) is 2.36. The molecule has 0 fully saturated rings. The SMILES string of the molecule is Cc1cc(OCc2ccccc2Cl)c2nncn2n1. The Morgan fingerprint density at radius 1 is 1.32 bits per heavy atom. The van der Waals surface area contributed by atoms with Crippen molar-refractivity contribution in [1.82, 2.24) is 19.8 Å². The molecule has 96 valence electrons. The fourth-order valence-electron chi connectivity index (χ4n) is 1.80. The number of nitrogens with zero attached hydrogens (tertiary/aromatic N) is 4. The molecule has 0 aliphatic rings. The normalized spacial score (nSPS) is 10.8. The first-order chi connectivity index (χ1) is 9.24. The van der Waals surface area contributed by atoms with Crippen LogP contribution in [0.1, 0.15) is 11.3 Å². The van der Waals surface area contributed by atoms with Gasteiger partial charge in [-0.3, -0.25) is 0 Å². The summed E-state index contributed by atoms with van der Waals surface area (Å²) in [6, 6.07) is 9.41. The van der Waals surface area contributed by atoms with Gasteiger partial charge in [-0.1, -0.05) is 29.8 Å². The van der Waals surface area contributed by atoms with Crippen molar-refractivity contribution in [2.75, 3.05) is 0 Å². The molecular weight excluding hydrogens is 264 g/mol. The van der Waals surface area contributed by atoms with E-state index in [-0.39, 0.29) is 0 Å². The smallest absolute Gasteiger partial charge is 0.219 e. The van der Waals surface area contributed by atoms with E-state index in [0.29, 0.717) is 23.0 Å². The highest BCUT2D eigenvalue weighted by molar-refractivity contribution is 6.31. The summed E-state index contributed by atoms with van der Waals surface area (Å²) in [6.07, 6.45) is 1.55. The van der Waals surface area contributed by atoms with Gasteiger partial charge in [-0.15, -0.1) is 10.2 Å². The molecule has 5 nitrogen and oxygen atoms in total. The van der Waals surface area contributed by atoms with Gasteiger partial charge in [-0.2, -0.15) is 9.61 Å². The summed E-state index contributed by atoms with van der Waals surface area (Å²) in [4.78, 5) is 0. The summed E-state index contributed by atoms with van der Waals surface area (Å²) in [7, 11) is 0. The van der Waals surface area contributed by atoms with Gasteiger partial charge in [-0.05, 0) is 13.0 Å². The second-order valence-corrected chi connectivity index (χ2v) is 4.54. The van der Waals surface area contributed by atoms with E-state index in [0.717, 1.165) is 11.3 Å². The highest BCUT2D eigenvalue weighted by Gasteiger charge is 2.08. The molecule has 3 rings (SSSR count). The minimum Gasteiger partial charge on any atom is -0.485 e. The molecule has 2 aromatic heterocycles. The number of hydrogen-bond acceptors (Lipinski definition) is 4. The van der Waals surface area contributed by atoms with Gasteiger partial charge in [0, 0.05) is 16.7 Å². The van der Waals surface area contributed by atoms with Crippen molar-refractivity contribution >= 4 is 17.2 Å². The average Bonchev–Trinajstić information content (AvgIpc) is 2.85. The van der Waals surface area contributed by atoms with Gasteiger partial charge in [-0.25, -0.2) is 0 Å². The predicted molar refractivity (Wildman–Crippen MR) is 71.3 cm³/mol. The second-order valence-electron chi connectivity index (χ2n) is 4.13. The Morgan fingerprint density at radius 2 is 2.16 bits per heavy atom. The minimum atomic E-state index is 0.381. The lowest BCUT2D eigenvalue weighted by atomic mass is 10.2. The largest absolute Gasteiger partial charge is 0.485 e. The molecule has 0 unspecified atom stereocenters. The van der Waals surface area contributed by atoms with Crippen molar-refractivity contribution in [2.45, 2.75) is 13.5 Å². The van der Waals surface area contributed by atoms with Crippen molar-refractivity contribution in [2.24, 2.45) is 0 Å². The van der Waals surface area contributed by atoms with Crippen LogP contribution in [-0.4, -0.2) is 19.8 Å². The Kier molecular flexibility index (Phi) is 3.05. The van der Waals surface area contributed by atoms with Gasteiger partial charge in [0.15, 0.2) is 5.75 Å². The van der Waals surface area contributed by atoms with Crippen LogP contribution in [0, 0.1) is 6.92 Å². The Morgan fingerprint density at radius 3 is 3.00 bits per heavy atom. The highest BCUT2D eigenvalue weighted by Crippen LogP contribution is 2.21. The Hall–Kier alpha value is -2.14. The first kappa shape index (κ1) is 11.9. The maximum absolute atomic E-state index is 6.09. The van der Waals surface area contributed by atoms with E-state index in [9.17, 15) is 0 Å². The van der Waals surface area contributed by atoms with Gasteiger partial charge < -0.3 is 4.74 Å². The molecule has 0 aliphatic carbocycles. The fraction of sp³-hybridized carbons (Fsp3) is 0.154. The fourth-order valence-corrected chi connectivity index (χ4v) is 1.99. The Balaban J connectivity index is 1.90. The maximum Gasteiger partial charge on any atom is 0.219 e. The van der Waals surface area contributed by atoms with E-state index in [1.807, 2.05) is 37.3 Å². The van der Waals surface area contributed by atoms with E-state index < -0.39 is 0 Å². The molecule has 2 heterocycles. The summed E-state index contributed by atoms with van der Waals surface area (Å²) in [5, 5.41) is 12.7. The number of hydrogen-bond donors (Lipinski definition) is 0. The summed E-state index contributed by atoms with van der Waals surface area (Å²) in [5.74, 6) is 0.643. The number of benzene rings is 1. The number of halogens is 1. The number of rotatable bonds is 3. The Labute approximate surface area is 114 Å². The first-order valence-corrected chi connectivity index (χ1v) is 6.16. The number of aryl methyl sites for hydroxylation is 1. The molecule has 0 aliphatic heterocycles. The quantitative estimate of drug-likeness (QED) is 0.737. The monoisotopic (exact) mass is 274 g/mol. The molecule has 0 spiro atoms. The van der Waals surface area contributed by atoms with Crippen LogP contribution in [0.3, 0.4) is 0 Å². The third-order valence-corrected chi connectivity index (χ3v) is 3.07. The van der Waals surface area contributed by atoms with E-state index in [1.165, 1.54) is 0 Å². The van der Waals surface area contributed by atoms with Crippen LogP contribution in [0.4, 0.5) is 0 Å². The molecule has 0 saturated carbocycles. The van der Waals surface area contributed by atoms with Gasteiger partial charge in [0.05, 0.1) is 5.69 Å². The van der Waals surface area contributed by atoms with Crippen molar-refractivity contribution in [3.63, 3.8) is 0 Å². The highest BCUT2D eigenvalue weighted by atomic mass is 35.5. The predicted octanol–water partition coefficient (Wildman–Crippen LogP) is 2.67. The number of fused-ring (bicyclic) bond motifs is 1. The van der Waals surface area contributed by atoms with Gasteiger partial charge in [0.25, 0.3) is 0 Å². The lowest BCUT2D eigenvalue weighted by molar-refractivity contribution is 0.307. The molecule has 6 heteroatoms.